The van der Waals surface area contributed by atoms with Crippen LogP contribution < -0.4 is 14.8 Å². The maximum atomic E-state index is 5.90. The largest absolute Gasteiger partial charge is 0.493 e. The van der Waals surface area contributed by atoms with Gasteiger partial charge in [-0.2, -0.15) is 0 Å². The van der Waals surface area contributed by atoms with Gasteiger partial charge in [-0.1, -0.05) is 30.3 Å². The van der Waals surface area contributed by atoms with Crippen LogP contribution in [0.3, 0.4) is 0 Å². The molecule has 128 valence electrons. The molecule has 0 radical (unpaired) electrons. The summed E-state index contributed by atoms with van der Waals surface area (Å²) in [6, 6.07) is 16.3. The molecule has 1 aliphatic heterocycles. The average molecular weight is 328 g/mol. The summed E-state index contributed by atoms with van der Waals surface area (Å²) in [5, 5.41) is 2.30. The van der Waals surface area contributed by atoms with Gasteiger partial charge in [0.2, 0.25) is 0 Å². The lowest BCUT2D eigenvalue weighted by Crippen LogP contribution is -2.84. The van der Waals surface area contributed by atoms with Crippen LogP contribution >= 0.6 is 0 Å². The van der Waals surface area contributed by atoms with Gasteiger partial charge in [0.1, 0.15) is 25.8 Å². The Hall–Kier alpha value is -2.04. The van der Waals surface area contributed by atoms with Gasteiger partial charge >= 0.3 is 0 Å². The van der Waals surface area contributed by atoms with Crippen molar-refractivity contribution in [2.24, 2.45) is 0 Å². The van der Waals surface area contributed by atoms with E-state index in [-0.39, 0.29) is 0 Å². The third kappa shape index (κ3) is 4.73. The molecule has 1 atom stereocenters. The summed E-state index contributed by atoms with van der Waals surface area (Å²) in [5.41, 5.74) is 2.38. The summed E-state index contributed by atoms with van der Waals surface area (Å²) in [4.78, 5) is 0. The number of rotatable bonds is 8. The van der Waals surface area contributed by atoms with E-state index in [4.69, 9.17) is 14.2 Å². The lowest BCUT2D eigenvalue weighted by molar-refractivity contribution is -0.676. The van der Waals surface area contributed by atoms with Crippen LogP contribution in [0.15, 0.2) is 48.5 Å². The number of benzene rings is 2. The summed E-state index contributed by atoms with van der Waals surface area (Å²) in [6.45, 7) is 3.41. The highest BCUT2D eigenvalue weighted by Gasteiger charge is 2.17. The van der Waals surface area contributed by atoms with Gasteiger partial charge in [-0.05, 0) is 36.6 Å². The van der Waals surface area contributed by atoms with E-state index in [9.17, 15) is 0 Å². The molecule has 1 aliphatic rings. The van der Waals surface area contributed by atoms with E-state index in [1.165, 1.54) is 18.4 Å². The summed E-state index contributed by atoms with van der Waals surface area (Å²) in [7, 11) is 1.69. The fourth-order valence-electron chi connectivity index (χ4n) is 2.96. The van der Waals surface area contributed by atoms with E-state index in [1.807, 2.05) is 24.3 Å². The summed E-state index contributed by atoms with van der Waals surface area (Å²) in [6.07, 6.45) is 2.80. The smallest absolute Gasteiger partial charge is 0.161 e. The number of nitrogens with two attached hydrogens (primary N) is 1. The van der Waals surface area contributed by atoms with Gasteiger partial charge in [-0.15, -0.1) is 0 Å². The fraction of sp³-hybridized carbons (Fsp3) is 0.400. The Balaban J connectivity index is 1.53. The first-order valence-corrected chi connectivity index (χ1v) is 8.62. The molecule has 4 nitrogen and oxygen atoms in total. The lowest BCUT2D eigenvalue weighted by Gasteiger charge is -2.13. The van der Waals surface area contributed by atoms with Crippen LogP contribution in [-0.2, 0) is 17.9 Å². The van der Waals surface area contributed by atoms with Crippen LogP contribution in [0.4, 0.5) is 0 Å². The summed E-state index contributed by atoms with van der Waals surface area (Å²) >= 11 is 0. The maximum absolute atomic E-state index is 5.90. The predicted octanol–water partition coefficient (Wildman–Crippen LogP) is 2.52. The Morgan fingerprint density at radius 3 is 2.71 bits per heavy atom. The first-order chi connectivity index (χ1) is 11.8. The molecule has 0 unspecified atom stereocenters. The van der Waals surface area contributed by atoms with Gasteiger partial charge in [-0.3, -0.25) is 0 Å². The van der Waals surface area contributed by atoms with Gasteiger partial charge in [0, 0.05) is 12.2 Å². The third-order valence-electron chi connectivity index (χ3n) is 4.30. The SMILES string of the molecule is COc1cc(C[NH2+]C[C@H]2CCCO2)ccc1OCc1ccccc1. The van der Waals surface area contributed by atoms with Crippen molar-refractivity contribution in [3.05, 3.63) is 59.7 Å². The second kappa shape index (κ2) is 8.71. The molecule has 1 heterocycles. The van der Waals surface area contributed by atoms with Crippen molar-refractivity contribution in [3.63, 3.8) is 0 Å². The van der Waals surface area contributed by atoms with Crippen molar-refractivity contribution in [3.8, 4) is 11.5 Å². The lowest BCUT2D eigenvalue weighted by atomic mass is 10.2. The highest BCUT2D eigenvalue weighted by molar-refractivity contribution is 5.42. The molecular weight excluding hydrogens is 302 g/mol. The zero-order valence-electron chi connectivity index (χ0n) is 14.2. The Bertz CT molecular complexity index is 624. The van der Waals surface area contributed by atoms with Crippen LogP contribution in [-0.4, -0.2) is 26.4 Å². The molecule has 0 bridgehead atoms. The third-order valence-corrected chi connectivity index (χ3v) is 4.30. The molecule has 0 aliphatic carbocycles. The topological polar surface area (TPSA) is 44.3 Å². The molecule has 0 spiro atoms. The van der Waals surface area contributed by atoms with E-state index in [1.54, 1.807) is 7.11 Å². The molecule has 1 fully saturated rings. The summed E-state index contributed by atoms with van der Waals surface area (Å²) in [5.74, 6) is 1.57. The molecule has 0 aromatic heterocycles. The molecule has 2 aromatic carbocycles. The minimum absolute atomic E-state index is 0.417. The highest BCUT2D eigenvalue weighted by Crippen LogP contribution is 2.28. The minimum atomic E-state index is 0.417. The van der Waals surface area contributed by atoms with Crippen LogP contribution in [0.1, 0.15) is 24.0 Å². The number of ether oxygens (including phenoxy) is 3. The van der Waals surface area contributed by atoms with Crippen molar-refractivity contribution in [2.75, 3.05) is 20.3 Å². The number of hydrogen-bond acceptors (Lipinski definition) is 3. The monoisotopic (exact) mass is 328 g/mol. The van der Waals surface area contributed by atoms with E-state index in [2.05, 4.69) is 29.6 Å². The molecule has 4 heteroatoms. The van der Waals surface area contributed by atoms with Crippen LogP contribution in [0.25, 0.3) is 0 Å². The quantitative estimate of drug-likeness (QED) is 0.810. The molecule has 24 heavy (non-hydrogen) atoms. The average Bonchev–Trinajstić information content (AvgIpc) is 3.15. The Kier molecular flexibility index (Phi) is 6.10. The second-order valence-corrected chi connectivity index (χ2v) is 6.12. The predicted molar refractivity (Wildman–Crippen MR) is 93.2 cm³/mol. The van der Waals surface area contributed by atoms with Gasteiger partial charge in [0.05, 0.1) is 7.11 Å². The standard InChI is InChI=1S/C20H25NO3/c1-22-20-12-17(13-21-14-18-8-5-11-23-18)9-10-19(20)24-15-16-6-3-2-4-7-16/h2-4,6-7,9-10,12,18,21H,5,8,11,13-15H2,1H3/p+1/t18-/m1/s1. The first kappa shape index (κ1) is 16.8. The number of methoxy groups -OCH3 is 1. The van der Waals surface area contributed by atoms with Crippen LogP contribution in [0.2, 0.25) is 0 Å². The van der Waals surface area contributed by atoms with Crippen molar-refractivity contribution in [2.45, 2.75) is 32.1 Å². The molecular formula is C20H26NO3+. The van der Waals surface area contributed by atoms with Gasteiger partial charge in [0.25, 0.3) is 0 Å². The van der Waals surface area contributed by atoms with E-state index < -0.39 is 0 Å². The summed E-state index contributed by atoms with van der Waals surface area (Å²) < 4.78 is 17.0. The second-order valence-electron chi connectivity index (χ2n) is 6.12. The number of quaternary nitrogens is 1. The normalized spacial score (nSPS) is 17.0. The molecule has 3 rings (SSSR count). The zero-order valence-corrected chi connectivity index (χ0v) is 14.2. The Morgan fingerprint density at radius 1 is 1.08 bits per heavy atom. The van der Waals surface area contributed by atoms with Crippen molar-refractivity contribution < 1.29 is 19.5 Å². The van der Waals surface area contributed by atoms with Crippen molar-refractivity contribution >= 4 is 0 Å². The molecule has 2 N–H and O–H groups in total. The van der Waals surface area contributed by atoms with Crippen molar-refractivity contribution in [1.29, 1.82) is 0 Å². The minimum Gasteiger partial charge on any atom is -0.493 e. The Morgan fingerprint density at radius 2 is 1.96 bits per heavy atom. The molecule has 0 amide bonds. The van der Waals surface area contributed by atoms with Crippen LogP contribution in [0, 0.1) is 0 Å². The van der Waals surface area contributed by atoms with E-state index >= 15 is 0 Å². The van der Waals surface area contributed by atoms with E-state index in [0.717, 1.165) is 36.8 Å². The highest BCUT2D eigenvalue weighted by atomic mass is 16.5. The van der Waals surface area contributed by atoms with Crippen LogP contribution in [0.5, 0.6) is 11.5 Å². The fourth-order valence-corrected chi connectivity index (χ4v) is 2.96. The van der Waals surface area contributed by atoms with Gasteiger partial charge < -0.3 is 19.5 Å². The first-order valence-electron chi connectivity index (χ1n) is 8.62. The Labute approximate surface area is 143 Å². The molecule has 2 aromatic rings. The van der Waals surface area contributed by atoms with Gasteiger partial charge in [0.15, 0.2) is 11.5 Å². The van der Waals surface area contributed by atoms with Gasteiger partial charge in [-0.25, -0.2) is 0 Å². The maximum Gasteiger partial charge on any atom is 0.161 e. The molecule has 1 saturated heterocycles. The van der Waals surface area contributed by atoms with Crippen molar-refractivity contribution in [1.82, 2.24) is 0 Å². The number of hydrogen-bond donors (Lipinski definition) is 1. The van der Waals surface area contributed by atoms with E-state index in [0.29, 0.717) is 12.7 Å². The zero-order chi connectivity index (χ0) is 16.6. The molecule has 0 saturated carbocycles.